The number of carbonyl (C=O) groups excluding carboxylic acids is 2. The first-order valence-corrected chi connectivity index (χ1v) is 7.42. The number of anilines is 1. The molecule has 0 saturated carbocycles. The van der Waals surface area contributed by atoms with Crippen LogP contribution in [0.5, 0.6) is 0 Å². The number of benzene rings is 1. The van der Waals surface area contributed by atoms with E-state index in [1.165, 1.54) is 0 Å². The van der Waals surface area contributed by atoms with Crippen LogP contribution in [0, 0.1) is 19.3 Å². The minimum Gasteiger partial charge on any atom is -0.342 e. The van der Waals surface area contributed by atoms with Crippen LogP contribution in [-0.4, -0.2) is 29.8 Å². The third-order valence-corrected chi connectivity index (χ3v) is 4.01. The quantitative estimate of drug-likeness (QED) is 0.847. The molecule has 1 N–H and O–H groups in total. The van der Waals surface area contributed by atoms with Crippen molar-refractivity contribution < 1.29 is 9.59 Å². The zero-order valence-electron chi connectivity index (χ0n) is 13.9. The summed E-state index contributed by atoms with van der Waals surface area (Å²) in [5.74, 6) is -0.414. The van der Waals surface area contributed by atoms with Crippen LogP contribution in [0.15, 0.2) is 18.2 Å². The molecule has 1 aromatic rings. The van der Waals surface area contributed by atoms with Crippen molar-refractivity contribution in [2.75, 3.05) is 18.4 Å². The Morgan fingerprint density at radius 2 is 1.71 bits per heavy atom. The molecule has 0 atom stereocenters. The van der Waals surface area contributed by atoms with Gasteiger partial charge in [0.1, 0.15) is 5.41 Å². The minimum atomic E-state index is -1.08. The first kappa shape index (κ1) is 17.2. The van der Waals surface area contributed by atoms with Gasteiger partial charge in [-0.2, -0.15) is 0 Å². The fraction of sp³-hybridized carbons (Fsp3) is 0.529. The molecule has 4 nitrogen and oxygen atoms in total. The van der Waals surface area contributed by atoms with E-state index in [0.717, 1.165) is 16.8 Å². The Kier molecular flexibility index (Phi) is 5.53. The van der Waals surface area contributed by atoms with Crippen LogP contribution in [-0.2, 0) is 9.59 Å². The highest BCUT2D eigenvalue weighted by Crippen LogP contribution is 2.24. The summed E-state index contributed by atoms with van der Waals surface area (Å²) in [6.45, 7) is 12.4. The van der Waals surface area contributed by atoms with Crippen molar-refractivity contribution in [3.8, 4) is 0 Å². The second-order valence-electron chi connectivity index (χ2n) is 5.80. The summed E-state index contributed by atoms with van der Waals surface area (Å²) >= 11 is 0. The average Bonchev–Trinajstić information content (AvgIpc) is 2.44. The lowest BCUT2D eigenvalue weighted by Gasteiger charge is -2.29. The molecule has 4 heteroatoms. The van der Waals surface area contributed by atoms with E-state index in [-0.39, 0.29) is 11.8 Å². The first-order valence-electron chi connectivity index (χ1n) is 7.42. The Hall–Kier alpha value is -1.84. The van der Waals surface area contributed by atoms with E-state index in [0.29, 0.717) is 13.1 Å². The Morgan fingerprint density at radius 1 is 1.14 bits per heavy atom. The predicted molar refractivity (Wildman–Crippen MR) is 86.3 cm³/mol. The molecule has 0 unspecified atom stereocenters. The Morgan fingerprint density at radius 3 is 2.24 bits per heavy atom. The lowest BCUT2D eigenvalue weighted by atomic mass is 9.90. The standard InChI is InChI=1S/C17H26N2O2/c1-7-19(8-2)16(21)17(5,6)15(20)18-14-11-9-10-12(3)13(14)4/h9-11H,7-8H2,1-6H3,(H,18,20). The second kappa shape index (κ2) is 6.74. The van der Waals surface area contributed by atoms with Crippen molar-refractivity contribution >= 4 is 17.5 Å². The molecule has 0 fully saturated rings. The zero-order valence-corrected chi connectivity index (χ0v) is 13.9. The topological polar surface area (TPSA) is 49.4 Å². The number of nitrogens with one attached hydrogen (secondary N) is 1. The monoisotopic (exact) mass is 290 g/mol. The Balaban J connectivity index is 2.96. The van der Waals surface area contributed by atoms with Crippen molar-refractivity contribution in [2.24, 2.45) is 5.41 Å². The molecule has 0 aliphatic carbocycles. The van der Waals surface area contributed by atoms with E-state index in [9.17, 15) is 9.59 Å². The third kappa shape index (κ3) is 3.63. The van der Waals surface area contributed by atoms with Crippen molar-refractivity contribution in [3.63, 3.8) is 0 Å². The zero-order chi connectivity index (χ0) is 16.2. The van der Waals surface area contributed by atoms with Crippen molar-refractivity contribution in [1.29, 1.82) is 0 Å². The van der Waals surface area contributed by atoms with Gasteiger partial charge in [-0.3, -0.25) is 9.59 Å². The Bertz CT molecular complexity index is 532. The largest absolute Gasteiger partial charge is 0.342 e. The van der Waals surface area contributed by atoms with Gasteiger partial charge in [-0.05, 0) is 58.7 Å². The molecule has 1 aromatic carbocycles. The van der Waals surface area contributed by atoms with Gasteiger partial charge in [-0.25, -0.2) is 0 Å². The molecule has 0 spiro atoms. The minimum absolute atomic E-state index is 0.143. The lowest BCUT2D eigenvalue weighted by Crippen LogP contribution is -2.47. The molecular formula is C17H26N2O2. The molecule has 0 heterocycles. The van der Waals surface area contributed by atoms with E-state index in [2.05, 4.69) is 5.32 Å². The van der Waals surface area contributed by atoms with Gasteiger partial charge in [-0.15, -0.1) is 0 Å². The van der Waals surface area contributed by atoms with Crippen LogP contribution >= 0.6 is 0 Å². The number of nitrogens with zero attached hydrogens (tertiary/aromatic N) is 1. The van der Waals surface area contributed by atoms with Gasteiger partial charge in [0.2, 0.25) is 11.8 Å². The Labute approximate surface area is 127 Å². The number of hydrogen-bond donors (Lipinski definition) is 1. The molecule has 0 bridgehead atoms. The number of amides is 2. The number of carbonyl (C=O) groups is 2. The highest BCUT2D eigenvalue weighted by atomic mass is 16.2. The van der Waals surface area contributed by atoms with Crippen molar-refractivity contribution in [3.05, 3.63) is 29.3 Å². The van der Waals surface area contributed by atoms with Gasteiger partial charge in [0.05, 0.1) is 0 Å². The molecule has 0 saturated heterocycles. The summed E-state index contributed by atoms with van der Waals surface area (Å²) in [7, 11) is 0. The average molecular weight is 290 g/mol. The molecular weight excluding hydrogens is 264 g/mol. The van der Waals surface area contributed by atoms with Gasteiger partial charge in [-0.1, -0.05) is 12.1 Å². The highest BCUT2D eigenvalue weighted by Gasteiger charge is 2.38. The van der Waals surface area contributed by atoms with E-state index >= 15 is 0 Å². The summed E-state index contributed by atoms with van der Waals surface area (Å²) in [4.78, 5) is 26.7. The van der Waals surface area contributed by atoms with Crippen molar-refractivity contribution in [1.82, 2.24) is 4.90 Å². The maximum Gasteiger partial charge on any atom is 0.239 e. The van der Waals surface area contributed by atoms with E-state index < -0.39 is 5.41 Å². The SMILES string of the molecule is CCN(CC)C(=O)C(C)(C)C(=O)Nc1cccc(C)c1C. The van der Waals surface area contributed by atoms with Crippen LogP contribution in [0.3, 0.4) is 0 Å². The van der Waals surface area contributed by atoms with Gasteiger partial charge in [0.15, 0.2) is 0 Å². The molecule has 0 aliphatic rings. The van der Waals surface area contributed by atoms with Crippen molar-refractivity contribution in [2.45, 2.75) is 41.5 Å². The molecule has 0 aromatic heterocycles. The van der Waals surface area contributed by atoms with Crippen LogP contribution < -0.4 is 5.32 Å². The molecule has 116 valence electrons. The maximum absolute atomic E-state index is 12.5. The van der Waals surface area contributed by atoms with Gasteiger partial charge >= 0.3 is 0 Å². The van der Waals surface area contributed by atoms with E-state index in [1.807, 2.05) is 45.9 Å². The highest BCUT2D eigenvalue weighted by molar-refractivity contribution is 6.10. The number of hydrogen-bond acceptors (Lipinski definition) is 2. The smallest absolute Gasteiger partial charge is 0.239 e. The fourth-order valence-electron chi connectivity index (χ4n) is 2.17. The summed E-state index contributed by atoms with van der Waals surface area (Å²) in [6.07, 6.45) is 0. The summed E-state index contributed by atoms with van der Waals surface area (Å²) < 4.78 is 0. The molecule has 1 rings (SSSR count). The lowest BCUT2D eigenvalue weighted by molar-refractivity contribution is -0.146. The molecule has 0 aliphatic heterocycles. The van der Waals surface area contributed by atoms with Crippen LogP contribution in [0.25, 0.3) is 0 Å². The molecule has 2 amide bonds. The van der Waals surface area contributed by atoms with Gasteiger partial charge in [0.25, 0.3) is 0 Å². The maximum atomic E-state index is 12.5. The van der Waals surface area contributed by atoms with Gasteiger partial charge < -0.3 is 10.2 Å². The van der Waals surface area contributed by atoms with E-state index in [1.54, 1.807) is 18.7 Å². The second-order valence-corrected chi connectivity index (χ2v) is 5.80. The fourth-order valence-corrected chi connectivity index (χ4v) is 2.17. The summed E-state index contributed by atoms with van der Waals surface area (Å²) in [5.41, 5.74) is 1.82. The normalized spacial score (nSPS) is 11.1. The van der Waals surface area contributed by atoms with Crippen LogP contribution in [0.4, 0.5) is 5.69 Å². The number of rotatable bonds is 5. The van der Waals surface area contributed by atoms with Crippen LogP contribution in [0.2, 0.25) is 0 Å². The predicted octanol–water partition coefficient (Wildman–Crippen LogP) is 3.14. The van der Waals surface area contributed by atoms with Gasteiger partial charge in [0, 0.05) is 18.8 Å². The summed E-state index contributed by atoms with van der Waals surface area (Å²) in [6, 6.07) is 5.76. The van der Waals surface area contributed by atoms with Crippen LogP contribution in [0.1, 0.15) is 38.8 Å². The molecule has 0 radical (unpaired) electrons. The summed E-state index contributed by atoms with van der Waals surface area (Å²) in [5, 5.41) is 2.89. The van der Waals surface area contributed by atoms with E-state index in [4.69, 9.17) is 0 Å². The first-order chi connectivity index (χ1) is 9.75. The third-order valence-electron chi connectivity index (χ3n) is 4.01. The molecule has 21 heavy (non-hydrogen) atoms. The number of aryl methyl sites for hydroxylation is 1.